The van der Waals surface area contributed by atoms with E-state index in [0.717, 1.165) is 0 Å². The Kier molecular flexibility index (Phi) is 2.98. The van der Waals surface area contributed by atoms with Gasteiger partial charge in [-0.3, -0.25) is 9.59 Å². The minimum absolute atomic E-state index is 0.0204. The topological polar surface area (TPSA) is 69.6 Å². The first-order chi connectivity index (χ1) is 9.15. The van der Waals surface area contributed by atoms with Gasteiger partial charge in [0.25, 0.3) is 0 Å². The second-order valence-electron chi connectivity index (χ2n) is 5.18. The van der Waals surface area contributed by atoms with Crippen LogP contribution >= 0.6 is 0 Å². The van der Waals surface area contributed by atoms with E-state index in [1.807, 2.05) is 18.2 Å². The van der Waals surface area contributed by atoms with Gasteiger partial charge in [0, 0.05) is 19.6 Å². The zero-order valence-corrected chi connectivity index (χ0v) is 10.5. The first kappa shape index (κ1) is 12.2. The average Bonchev–Trinajstić information content (AvgIpc) is 2.35. The van der Waals surface area contributed by atoms with E-state index in [4.69, 9.17) is 5.11 Å². The number of carbonyl (C=O) groups is 2. The second-order valence-corrected chi connectivity index (χ2v) is 5.18. The molecule has 1 aromatic carbocycles. The van der Waals surface area contributed by atoms with Crippen LogP contribution in [0.15, 0.2) is 24.3 Å². The van der Waals surface area contributed by atoms with E-state index in [-0.39, 0.29) is 17.9 Å². The number of fused-ring (bicyclic) bond motifs is 1. The van der Waals surface area contributed by atoms with Crippen LogP contribution in [0.4, 0.5) is 0 Å². The van der Waals surface area contributed by atoms with Crippen LogP contribution in [0.25, 0.3) is 0 Å². The molecule has 2 aliphatic heterocycles. The number of benzene rings is 1. The monoisotopic (exact) mass is 260 g/mol. The molecule has 0 unspecified atom stereocenters. The van der Waals surface area contributed by atoms with Gasteiger partial charge in [-0.05, 0) is 17.5 Å². The van der Waals surface area contributed by atoms with Crippen molar-refractivity contribution in [2.75, 3.05) is 13.1 Å². The average molecular weight is 260 g/mol. The summed E-state index contributed by atoms with van der Waals surface area (Å²) >= 11 is 0. The molecule has 100 valence electrons. The molecule has 1 aromatic rings. The number of aliphatic carboxylic acids is 1. The Bertz CT molecular complexity index is 523. The summed E-state index contributed by atoms with van der Waals surface area (Å²) in [6.07, 6.45) is 0.684. The molecule has 1 amide bonds. The third-order valence-electron chi connectivity index (χ3n) is 3.92. The maximum Gasteiger partial charge on any atom is 0.310 e. The van der Waals surface area contributed by atoms with Gasteiger partial charge in [-0.2, -0.15) is 0 Å². The van der Waals surface area contributed by atoms with Crippen molar-refractivity contribution < 1.29 is 14.7 Å². The predicted octanol–water partition coefficient (Wildman–Crippen LogP) is 0.244. The highest BCUT2D eigenvalue weighted by Crippen LogP contribution is 2.21. The van der Waals surface area contributed by atoms with Gasteiger partial charge in [0.05, 0.1) is 12.0 Å². The SMILES string of the molecule is O=C(O)C1CN(C(=O)[C@H]2Cc3ccccc3CN2)C1. The Balaban J connectivity index is 1.63. The van der Waals surface area contributed by atoms with Crippen LogP contribution in [0.5, 0.6) is 0 Å². The Labute approximate surface area is 111 Å². The van der Waals surface area contributed by atoms with E-state index in [0.29, 0.717) is 26.1 Å². The summed E-state index contributed by atoms with van der Waals surface area (Å²) in [5, 5.41) is 12.0. The minimum Gasteiger partial charge on any atom is -0.481 e. The number of rotatable bonds is 2. The molecule has 1 fully saturated rings. The highest BCUT2D eigenvalue weighted by Gasteiger charge is 2.38. The van der Waals surface area contributed by atoms with Gasteiger partial charge < -0.3 is 15.3 Å². The maximum atomic E-state index is 12.2. The first-order valence-electron chi connectivity index (χ1n) is 6.47. The molecule has 2 aliphatic rings. The number of amides is 1. The normalized spacial score (nSPS) is 22.5. The summed E-state index contributed by atoms with van der Waals surface area (Å²) in [6.45, 7) is 1.38. The summed E-state index contributed by atoms with van der Waals surface area (Å²) in [4.78, 5) is 24.6. The zero-order chi connectivity index (χ0) is 13.4. The van der Waals surface area contributed by atoms with Gasteiger partial charge in [-0.1, -0.05) is 24.3 Å². The van der Waals surface area contributed by atoms with Crippen molar-refractivity contribution in [2.24, 2.45) is 5.92 Å². The Morgan fingerprint density at radius 2 is 1.89 bits per heavy atom. The predicted molar refractivity (Wildman–Crippen MR) is 68.5 cm³/mol. The lowest BCUT2D eigenvalue weighted by Crippen LogP contribution is -2.59. The fraction of sp³-hybridized carbons (Fsp3) is 0.429. The molecule has 0 spiro atoms. The molecule has 5 heteroatoms. The van der Waals surface area contributed by atoms with Gasteiger partial charge >= 0.3 is 5.97 Å². The van der Waals surface area contributed by atoms with Crippen molar-refractivity contribution >= 4 is 11.9 Å². The molecule has 0 aromatic heterocycles. The highest BCUT2D eigenvalue weighted by molar-refractivity contribution is 5.85. The van der Waals surface area contributed by atoms with Crippen LogP contribution in [-0.4, -0.2) is 41.0 Å². The Hall–Kier alpha value is -1.88. The molecule has 0 aliphatic carbocycles. The van der Waals surface area contributed by atoms with Gasteiger partial charge in [0.1, 0.15) is 0 Å². The van der Waals surface area contributed by atoms with Gasteiger partial charge in [0.15, 0.2) is 0 Å². The number of hydrogen-bond donors (Lipinski definition) is 2. The molecule has 5 nitrogen and oxygen atoms in total. The van der Waals surface area contributed by atoms with Crippen molar-refractivity contribution in [3.8, 4) is 0 Å². The largest absolute Gasteiger partial charge is 0.481 e. The van der Waals surface area contributed by atoms with Crippen LogP contribution in [0, 0.1) is 5.92 Å². The summed E-state index contributed by atoms with van der Waals surface area (Å²) < 4.78 is 0. The number of likely N-dealkylation sites (tertiary alicyclic amines) is 1. The zero-order valence-electron chi connectivity index (χ0n) is 10.5. The van der Waals surface area contributed by atoms with Crippen LogP contribution in [0.1, 0.15) is 11.1 Å². The third kappa shape index (κ3) is 2.21. The number of hydrogen-bond acceptors (Lipinski definition) is 3. The molecule has 0 radical (unpaired) electrons. The third-order valence-corrected chi connectivity index (χ3v) is 3.92. The number of carbonyl (C=O) groups excluding carboxylic acids is 1. The summed E-state index contributed by atoms with van der Waals surface area (Å²) in [5.74, 6) is -1.18. The molecule has 1 saturated heterocycles. The lowest BCUT2D eigenvalue weighted by Gasteiger charge is -2.39. The van der Waals surface area contributed by atoms with Crippen LogP contribution in [0.3, 0.4) is 0 Å². The van der Waals surface area contributed by atoms with Gasteiger partial charge in [0.2, 0.25) is 5.91 Å². The Morgan fingerprint density at radius 1 is 1.21 bits per heavy atom. The molecule has 3 rings (SSSR count). The quantitative estimate of drug-likeness (QED) is 0.799. The molecule has 2 heterocycles. The lowest BCUT2D eigenvalue weighted by atomic mass is 9.93. The van der Waals surface area contributed by atoms with Gasteiger partial charge in [-0.15, -0.1) is 0 Å². The van der Waals surface area contributed by atoms with Crippen molar-refractivity contribution in [3.63, 3.8) is 0 Å². The van der Waals surface area contributed by atoms with E-state index >= 15 is 0 Å². The smallest absolute Gasteiger partial charge is 0.310 e. The number of carboxylic acids is 1. The number of carboxylic acid groups (broad SMARTS) is 1. The summed E-state index contributed by atoms with van der Waals surface area (Å²) in [6, 6.07) is 7.87. The minimum atomic E-state index is -0.814. The van der Waals surface area contributed by atoms with E-state index in [9.17, 15) is 9.59 Å². The van der Waals surface area contributed by atoms with Crippen molar-refractivity contribution in [2.45, 2.75) is 19.0 Å². The fourth-order valence-electron chi connectivity index (χ4n) is 2.66. The maximum absolute atomic E-state index is 12.2. The molecule has 1 atom stereocenters. The molecule has 2 N–H and O–H groups in total. The van der Waals surface area contributed by atoms with Crippen LogP contribution in [-0.2, 0) is 22.6 Å². The first-order valence-corrected chi connectivity index (χ1v) is 6.47. The van der Waals surface area contributed by atoms with Crippen molar-refractivity contribution in [1.82, 2.24) is 10.2 Å². The number of nitrogens with zero attached hydrogens (tertiary/aromatic N) is 1. The molecule has 19 heavy (non-hydrogen) atoms. The highest BCUT2D eigenvalue weighted by atomic mass is 16.4. The van der Waals surface area contributed by atoms with E-state index < -0.39 is 5.97 Å². The van der Waals surface area contributed by atoms with Crippen LogP contribution in [0.2, 0.25) is 0 Å². The molecular weight excluding hydrogens is 244 g/mol. The lowest BCUT2D eigenvalue weighted by molar-refractivity contribution is -0.153. The van der Waals surface area contributed by atoms with Gasteiger partial charge in [-0.25, -0.2) is 0 Å². The number of nitrogens with one attached hydrogen (secondary N) is 1. The standard InChI is InChI=1S/C14H16N2O3/c17-13(16-7-11(8-16)14(18)19)12-5-9-3-1-2-4-10(9)6-15-12/h1-4,11-12,15H,5-8H2,(H,18,19)/t12-/m1/s1. The van der Waals surface area contributed by atoms with E-state index in [1.165, 1.54) is 11.1 Å². The van der Waals surface area contributed by atoms with Crippen molar-refractivity contribution in [1.29, 1.82) is 0 Å². The summed E-state index contributed by atoms with van der Waals surface area (Å²) in [5.41, 5.74) is 2.44. The fourth-order valence-corrected chi connectivity index (χ4v) is 2.66. The second kappa shape index (κ2) is 4.66. The summed E-state index contributed by atoms with van der Waals surface area (Å²) in [7, 11) is 0. The van der Waals surface area contributed by atoms with Crippen LogP contribution < -0.4 is 5.32 Å². The molecule has 0 saturated carbocycles. The molecular formula is C14H16N2O3. The van der Waals surface area contributed by atoms with E-state index in [1.54, 1.807) is 4.90 Å². The Morgan fingerprint density at radius 3 is 2.58 bits per heavy atom. The van der Waals surface area contributed by atoms with Crippen molar-refractivity contribution in [3.05, 3.63) is 35.4 Å². The van der Waals surface area contributed by atoms with E-state index in [2.05, 4.69) is 11.4 Å². The molecule has 0 bridgehead atoms.